The average molecular weight is 383 g/mol. The van der Waals surface area contributed by atoms with Gasteiger partial charge in [-0.25, -0.2) is 0 Å². The van der Waals surface area contributed by atoms with Gasteiger partial charge in [-0.3, -0.25) is 9.59 Å². The molecule has 28 heavy (non-hydrogen) atoms. The van der Waals surface area contributed by atoms with Gasteiger partial charge in [0.05, 0.1) is 18.3 Å². The molecule has 1 unspecified atom stereocenters. The van der Waals surface area contributed by atoms with Gasteiger partial charge >= 0.3 is 0 Å². The van der Waals surface area contributed by atoms with E-state index in [4.69, 9.17) is 5.21 Å². The van der Waals surface area contributed by atoms with Crippen molar-refractivity contribution in [3.05, 3.63) is 35.4 Å². The molecule has 1 aromatic rings. The molecule has 6 nitrogen and oxygen atoms in total. The van der Waals surface area contributed by atoms with Crippen molar-refractivity contribution in [1.29, 1.82) is 0 Å². The van der Waals surface area contributed by atoms with Crippen molar-refractivity contribution >= 4 is 17.9 Å². The number of hydrogen-bond acceptors (Lipinski definition) is 5. The van der Waals surface area contributed by atoms with Crippen LogP contribution in [0.1, 0.15) is 43.2 Å². The molecular formula is C22H29N3O3. The lowest BCUT2D eigenvalue weighted by Gasteiger charge is -2.27. The Hall–Kier alpha value is -2.21. The molecule has 1 amide bonds. The van der Waals surface area contributed by atoms with Gasteiger partial charge in [0.2, 0.25) is 5.91 Å². The van der Waals surface area contributed by atoms with E-state index in [1.165, 1.54) is 17.3 Å². The fourth-order valence-electron chi connectivity index (χ4n) is 5.17. The largest absolute Gasteiger partial charge is 0.411 e. The highest BCUT2D eigenvalue weighted by atomic mass is 16.4. The molecule has 0 spiro atoms. The standard InChI is InChI=1S/C22H29N3O3/c26-20(8-7-15-12-16-4-1-2-5-17(16)13-15)19-9-10-23-21(19)22(27)25-11-3-6-18(25)14-24-28/h1-2,4-5,14-15,18-19,21,23,28H,3,6-13H2/t18-,19?,21+/m0/s1. The van der Waals surface area contributed by atoms with Crippen LogP contribution in [0.25, 0.3) is 0 Å². The molecule has 150 valence electrons. The van der Waals surface area contributed by atoms with Crippen LogP contribution in [0, 0.1) is 11.8 Å². The topological polar surface area (TPSA) is 82.0 Å². The van der Waals surface area contributed by atoms with Gasteiger partial charge < -0.3 is 15.4 Å². The number of nitrogens with zero attached hydrogens (tertiary/aromatic N) is 2. The minimum Gasteiger partial charge on any atom is -0.411 e. The first-order chi connectivity index (χ1) is 13.7. The fraction of sp³-hybridized carbons (Fsp3) is 0.591. The highest BCUT2D eigenvalue weighted by molar-refractivity contribution is 5.93. The van der Waals surface area contributed by atoms with E-state index in [1.54, 1.807) is 4.90 Å². The second kappa shape index (κ2) is 8.43. The first-order valence-corrected chi connectivity index (χ1v) is 10.5. The van der Waals surface area contributed by atoms with Gasteiger partial charge in [0.1, 0.15) is 5.78 Å². The maximum atomic E-state index is 13.0. The molecule has 1 aliphatic carbocycles. The molecule has 1 aromatic carbocycles. The summed E-state index contributed by atoms with van der Waals surface area (Å²) in [5, 5.41) is 15.2. The number of carbonyl (C=O) groups is 2. The van der Waals surface area contributed by atoms with Crippen molar-refractivity contribution in [1.82, 2.24) is 10.2 Å². The quantitative estimate of drug-likeness (QED) is 0.448. The van der Waals surface area contributed by atoms with Crippen LogP contribution < -0.4 is 5.32 Å². The van der Waals surface area contributed by atoms with Crippen molar-refractivity contribution in [3.8, 4) is 0 Å². The van der Waals surface area contributed by atoms with Gasteiger partial charge in [0.25, 0.3) is 0 Å². The zero-order valence-corrected chi connectivity index (χ0v) is 16.2. The Morgan fingerprint density at radius 1 is 1.21 bits per heavy atom. The van der Waals surface area contributed by atoms with Crippen LogP contribution in [0.5, 0.6) is 0 Å². The van der Waals surface area contributed by atoms with Gasteiger partial charge in [-0.1, -0.05) is 29.4 Å². The second-order valence-electron chi connectivity index (χ2n) is 8.38. The summed E-state index contributed by atoms with van der Waals surface area (Å²) < 4.78 is 0. The van der Waals surface area contributed by atoms with E-state index in [2.05, 4.69) is 34.7 Å². The number of likely N-dealkylation sites (tertiary alicyclic amines) is 1. The zero-order valence-electron chi connectivity index (χ0n) is 16.2. The monoisotopic (exact) mass is 383 g/mol. The molecule has 3 atom stereocenters. The third-order valence-corrected chi connectivity index (χ3v) is 6.66. The van der Waals surface area contributed by atoms with E-state index in [9.17, 15) is 9.59 Å². The van der Waals surface area contributed by atoms with Crippen LogP contribution in [-0.4, -0.2) is 53.2 Å². The average Bonchev–Trinajstić information content (AvgIpc) is 3.44. The number of oxime groups is 1. The van der Waals surface area contributed by atoms with Crippen molar-refractivity contribution in [2.45, 2.75) is 57.0 Å². The minimum atomic E-state index is -0.430. The number of hydrogen-bond donors (Lipinski definition) is 2. The predicted molar refractivity (Wildman–Crippen MR) is 106 cm³/mol. The van der Waals surface area contributed by atoms with Crippen LogP contribution in [0.2, 0.25) is 0 Å². The Morgan fingerprint density at radius 2 is 1.96 bits per heavy atom. The summed E-state index contributed by atoms with van der Waals surface area (Å²) in [4.78, 5) is 27.7. The van der Waals surface area contributed by atoms with E-state index in [1.807, 2.05) is 0 Å². The molecule has 4 rings (SSSR count). The zero-order chi connectivity index (χ0) is 19.5. The second-order valence-corrected chi connectivity index (χ2v) is 8.38. The summed E-state index contributed by atoms with van der Waals surface area (Å²) in [7, 11) is 0. The van der Waals surface area contributed by atoms with Crippen molar-refractivity contribution in [3.63, 3.8) is 0 Å². The molecule has 0 bridgehead atoms. The van der Waals surface area contributed by atoms with Crippen molar-refractivity contribution in [2.24, 2.45) is 17.0 Å². The third-order valence-electron chi connectivity index (χ3n) is 6.66. The van der Waals surface area contributed by atoms with Crippen LogP contribution in [0.15, 0.2) is 29.4 Å². The van der Waals surface area contributed by atoms with Crippen molar-refractivity contribution in [2.75, 3.05) is 13.1 Å². The number of rotatable bonds is 6. The molecule has 2 fully saturated rings. The molecule has 0 aromatic heterocycles. The molecule has 2 saturated heterocycles. The van der Waals surface area contributed by atoms with Crippen molar-refractivity contribution < 1.29 is 14.8 Å². The Kier molecular flexibility index (Phi) is 5.76. The normalized spacial score (nSPS) is 27.6. The predicted octanol–water partition coefficient (Wildman–Crippen LogP) is 2.18. The van der Waals surface area contributed by atoms with E-state index in [0.717, 1.165) is 38.5 Å². The Morgan fingerprint density at radius 3 is 2.68 bits per heavy atom. The number of ketones is 1. The van der Waals surface area contributed by atoms with E-state index in [0.29, 0.717) is 25.4 Å². The SMILES string of the molecule is O=C(CCC1Cc2ccccc2C1)C1CCN[C@H]1C(=O)N1CCC[C@H]1C=NO. The van der Waals surface area contributed by atoms with Crippen LogP contribution >= 0.6 is 0 Å². The summed E-state index contributed by atoms with van der Waals surface area (Å²) in [5.41, 5.74) is 2.84. The first kappa shape index (κ1) is 19.1. The van der Waals surface area contributed by atoms with Gasteiger partial charge in [-0.2, -0.15) is 0 Å². The Bertz CT molecular complexity index is 738. The number of fused-ring (bicyclic) bond motifs is 1. The highest BCUT2D eigenvalue weighted by Gasteiger charge is 2.41. The lowest BCUT2D eigenvalue weighted by molar-refractivity contribution is -0.137. The molecule has 2 N–H and O–H groups in total. The summed E-state index contributed by atoms with van der Waals surface area (Å²) in [6.45, 7) is 1.36. The maximum absolute atomic E-state index is 13.0. The first-order valence-electron chi connectivity index (χ1n) is 10.5. The van der Waals surface area contributed by atoms with E-state index in [-0.39, 0.29) is 23.7 Å². The lowest BCUT2D eigenvalue weighted by atomic mass is 9.89. The smallest absolute Gasteiger partial charge is 0.241 e. The van der Waals surface area contributed by atoms with Gasteiger partial charge in [0, 0.05) is 18.9 Å². The summed E-state index contributed by atoms with van der Waals surface area (Å²) >= 11 is 0. The Labute approximate surface area is 166 Å². The van der Waals surface area contributed by atoms with Crippen LogP contribution in [-0.2, 0) is 22.4 Å². The number of carbonyl (C=O) groups excluding carboxylic acids is 2. The van der Waals surface area contributed by atoms with Gasteiger partial charge in [-0.05, 0) is 62.1 Å². The maximum Gasteiger partial charge on any atom is 0.241 e. The summed E-state index contributed by atoms with van der Waals surface area (Å²) in [6.07, 6.45) is 7.43. The fourth-order valence-corrected chi connectivity index (χ4v) is 5.17. The summed E-state index contributed by atoms with van der Waals surface area (Å²) in [5.74, 6) is 0.495. The molecule has 2 heterocycles. The number of benzene rings is 1. The lowest BCUT2D eigenvalue weighted by Crippen LogP contribution is -2.50. The molecule has 0 saturated carbocycles. The highest BCUT2D eigenvalue weighted by Crippen LogP contribution is 2.31. The molecule has 2 aliphatic heterocycles. The molecule has 3 aliphatic rings. The minimum absolute atomic E-state index is 0.0217. The molecule has 6 heteroatoms. The number of amides is 1. The Balaban J connectivity index is 1.33. The number of Topliss-reactive ketones (excluding diaryl/α,β-unsaturated/α-hetero) is 1. The molecule has 0 radical (unpaired) electrons. The van der Waals surface area contributed by atoms with Crippen LogP contribution in [0.4, 0.5) is 0 Å². The number of nitrogens with one attached hydrogen (secondary N) is 1. The van der Waals surface area contributed by atoms with Gasteiger partial charge in [0.15, 0.2) is 0 Å². The van der Waals surface area contributed by atoms with E-state index < -0.39 is 6.04 Å². The van der Waals surface area contributed by atoms with Gasteiger partial charge in [-0.15, -0.1) is 0 Å². The third kappa shape index (κ3) is 3.83. The van der Waals surface area contributed by atoms with E-state index >= 15 is 0 Å². The summed E-state index contributed by atoms with van der Waals surface area (Å²) in [6, 6.07) is 7.96. The molecular weight excluding hydrogens is 354 g/mol. The van der Waals surface area contributed by atoms with Crippen LogP contribution in [0.3, 0.4) is 0 Å².